The maximum Gasteiger partial charge on any atom is 0.283 e. The smallest absolute Gasteiger partial charge is 0.283 e. The molecule has 3 aliphatic rings. The number of nitrogens with two attached hydrogens (primary N) is 3. The van der Waals surface area contributed by atoms with Gasteiger partial charge >= 0.3 is 0 Å². The lowest BCUT2D eigenvalue weighted by Crippen LogP contribution is -2.67. The summed E-state index contributed by atoms with van der Waals surface area (Å²) in [5.74, 6) is -0.603. The third kappa shape index (κ3) is 5.01. The van der Waals surface area contributed by atoms with Crippen LogP contribution in [0.4, 0.5) is 11.6 Å². The molecule has 3 saturated heterocycles. The van der Waals surface area contributed by atoms with Gasteiger partial charge in [0.25, 0.3) is 11.8 Å². The molecule has 35 heavy (non-hydrogen) atoms. The first-order valence-electron chi connectivity index (χ1n) is 11.7. The first-order chi connectivity index (χ1) is 16.7. The number of hydrogen-bond acceptors (Lipinski definition) is 7. The quantitative estimate of drug-likeness (QED) is 0.221. The number of anilines is 2. The summed E-state index contributed by atoms with van der Waals surface area (Å²) in [7, 11) is 0. The summed E-state index contributed by atoms with van der Waals surface area (Å²) >= 11 is 5.88. The van der Waals surface area contributed by atoms with E-state index in [1.54, 1.807) is 0 Å². The molecule has 2 aromatic rings. The van der Waals surface area contributed by atoms with E-state index in [0.29, 0.717) is 23.5 Å². The molecule has 4 heterocycles. The molecule has 1 aromatic carbocycles. The maximum absolute atomic E-state index is 13.3. The van der Waals surface area contributed by atoms with Crippen LogP contribution in [0.15, 0.2) is 35.3 Å². The second kappa shape index (κ2) is 10.0. The summed E-state index contributed by atoms with van der Waals surface area (Å²) in [5, 5.41) is 5.42. The van der Waals surface area contributed by atoms with Gasteiger partial charge < -0.3 is 27.0 Å². The molecule has 2 bridgehead atoms. The molecule has 1 aromatic heterocycles. The van der Waals surface area contributed by atoms with E-state index < -0.39 is 5.91 Å². The van der Waals surface area contributed by atoms with Crippen molar-refractivity contribution in [2.24, 2.45) is 16.6 Å². The summed E-state index contributed by atoms with van der Waals surface area (Å²) in [6.07, 6.45) is 1.84. The minimum atomic E-state index is -0.673. The lowest BCUT2D eigenvalue weighted by Gasteiger charge is -2.54. The van der Waals surface area contributed by atoms with Crippen LogP contribution < -0.4 is 27.8 Å². The van der Waals surface area contributed by atoms with Crippen molar-refractivity contribution in [3.8, 4) is 0 Å². The molecule has 8 N–H and O–H groups in total. The number of quaternary nitrogens is 1. The largest absolute Gasteiger partial charge is 0.382 e. The van der Waals surface area contributed by atoms with Crippen LogP contribution in [0.3, 0.4) is 0 Å². The fourth-order valence-corrected chi connectivity index (χ4v) is 5.45. The number of nitrogens with one attached hydrogen (secondary N) is 2. The molecular weight excluding hydrogens is 470 g/mol. The number of carbonyl (C=O) groups is 2. The van der Waals surface area contributed by atoms with Crippen LogP contribution in [-0.2, 0) is 4.79 Å². The minimum Gasteiger partial charge on any atom is -0.382 e. The number of aromatic nitrogens is 2. The van der Waals surface area contributed by atoms with Gasteiger partial charge in [-0.1, -0.05) is 41.9 Å². The van der Waals surface area contributed by atoms with Crippen molar-refractivity contribution >= 4 is 41.0 Å². The van der Waals surface area contributed by atoms with Crippen molar-refractivity contribution in [2.45, 2.75) is 31.8 Å². The van der Waals surface area contributed by atoms with Crippen molar-refractivity contribution < 1.29 is 14.1 Å². The van der Waals surface area contributed by atoms with Crippen LogP contribution in [0.1, 0.15) is 41.9 Å². The Kier molecular flexibility index (Phi) is 7.08. The Hall–Kier alpha value is -3.44. The molecule has 0 spiro atoms. The number of guanidine groups is 1. The zero-order valence-electron chi connectivity index (χ0n) is 19.6. The summed E-state index contributed by atoms with van der Waals surface area (Å²) in [6, 6.07) is 9.39. The Balaban J connectivity index is 1.56. The highest BCUT2D eigenvalue weighted by Gasteiger charge is 2.52. The van der Waals surface area contributed by atoms with Gasteiger partial charge in [-0.25, -0.2) is 15.0 Å². The fraction of sp³-hybridized carbons (Fsp3) is 0.435. The number of rotatable bonds is 6. The number of likely N-dealkylation sites (N-methyl/N-ethyl adjacent to an activating group) is 1. The number of benzene rings is 1. The molecule has 2 atom stereocenters. The molecule has 2 amide bonds. The van der Waals surface area contributed by atoms with Gasteiger partial charge in [0.1, 0.15) is 12.6 Å². The predicted molar refractivity (Wildman–Crippen MR) is 134 cm³/mol. The number of hydrogen-bond donors (Lipinski definition) is 5. The number of amides is 2. The lowest BCUT2D eigenvalue weighted by atomic mass is 9.79. The molecular formula is C23H31ClN9O2+. The van der Waals surface area contributed by atoms with E-state index in [1.807, 2.05) is 37.3 Å². The number of nitrogens with zero attached hydrogens (tertiary/aromatic N) is 4. The van der Waals surface area contributed by atoms with Gasteiger partial charge in [0.2, 0.25) is 0 Å². The van der Waals surface area contributed by atoms with Crippen molar-refractivity contribution in [3.05, 3.63) is 46.7 Å². The highest BCUT2D eigenvalue weighted by Crippen LogP contribution is 2.42. The number of fused-ring (bicyclic) bond motifs is 3. The number of piperidine rings is 3. The van der Waals surface area contributed by atoms with Crippen molar-refractivity contribution in [1.82, 2.24) is 20.6 Å². The summed E-state index contributed by atoms with van der Waals surface area (Å²) in [5.41, 5.74) is 18.3. The molecule has 0 aliphatic carbocycles. The van der Waals surface area contributed by atoms with E-state index in [1.165, 1.54) is 0 Å². The fourth-order valence-electron chi connectivity index (χ4n) is 5.32. The van der Waals surface area contributed by atoms with Gasteiger partial charge in [-0.3, -0.25) is 14.9 Å². The van der Waals surface area contributed by atoms with Crippen molar-refractivity contribution in [2.75, 3.05) is 37.6 Å². The third-order valence-electron chi connectivity index (χ3n) is 6.91. The Bertz CT molecular complexity index is 1130. The van der Waals surface area contributed by atoms with Crippen LogP contribution >= 0.6 is 11.6 Å². The van der Waals surface area contributed by atoms with Gasteiger partial charge in [0, 0.05) is 24.9 Å². The van der Waals surface area contributed by atoms with E-state index >= 15 is 0 Å². The SMILES string of the molecule is CCNC(=O)C(c1ccccc1)[N+]12CCC(CC1)C(N=C(N)NC(=O)c1nc(Cl)c(N)nc1N)C2. The lowest BCUT2D eigenvalue weighted by molar-refractivity contribution is -0.962. The second-order valence-electron chi connectivity index (χ2n) is 9.06. The van der Waals surface area contributed by atoms with Crippen LogP contribution in [-0.4, -0.2) is 64.4 Å². The minimum absolute atomic E-state index is 0.0114. The predicted octanol–water partition coefficient (Wildman–Crippen LogP) is 0.825. The van der Waals surface area contributed by atoms with Crippen LogP contribution in [0.5, 0.6) is 0 Å². The van der Waals surface area contributed by atoms with Crippen LogP contribution in [0.25, 0.3) is 0 Å². The Morgan fingerprint density at radius 3 is 2.51 bits per heavy atom. The molecule has 186 valence electrons. The van der Waals surface area contributed by atoms with Crippen molar-refractivity contribution in [1.29, 1.82) is 0 Å². The molecule has 0 radical (unpaired) electrons. The Morgan fingerprint density at radius 1 is 1.17 bits per heavy atom. The highest BCUT2D eigenvalue weighted by molar-refractivity contribution is 6.31. The van der Waals surface area contributed by atoms with Crippen molar-refractivity contribution in [3.63, 3.8) is 0 Å². The second-order valence-corrected chi connectivity index (χ2v) is 9.42. The number of nitrogen functional groups attached to an aromatic ring is 2. The maximum atomic E-state index is 13.3. The topological polar surface area (TPSA) is 174 Å². The Labute approximate surface area is 208 Å². The highest BCUT2D eigenvalue weighted by atomic mass is 35.5. The summed E-state index contributed by atoms with van der Waals surface area (Å²) in [4.78, 5) is 38.3. The normalized spacial score (nSPS) is 24.6. The van der Waals surface area contributed by atoms with E-state index in [2.05, 4.69) is 25.6 Å². The van der Waals surface area contributed by atoms with Gasteiger partial charge in [-0.05, 0) is 12.8 Å². The zero-order valence-corrected chi connectivity index (χ0v) is 20.3. The molecule has 3 aliphatic heterocycles. The van der Waals surface area contributed by atoms with Gasteiger partial charge in [-0.2, -0.15) is 0 Å². The average Bonchev–Trinajstić information content (AvgIpc) is 2.83. The zero-order chi connectivity index (χ0) is 25.2. The number of halogens is 1. The van der Waals surface area contributed by atoms with Crippen LogP contribution in [0.2, 0.25) is 5.15 Å². The number of aliphatic imine (C=N–C) groups is 1. The summed E-state index contributed by atoms with van der Waals surface area (Å²) in [6.45, 7) is 4.90. The number of carbonyl (C=O) groups excluding carboxylic acids is 2. The van der Waals surface area contributed by atoms with E-state index in [4.69, 9.17) is 28.8 Å². The Morgan fingerprint density at radius 2 is 1.86 bits per heavy atom. The van der Waals surface area contributed by atoms with Gasteiger partial charge in [-0.15, -0.1) is 0 Å². The first-order valence-corrected chi connectivity index (χ1v) is 12.0. The van der Waals surface area contributed by atoms with E-state index in [-0.39, 0.29) is 46.4 Å². The first kappa shape index (κ1) is 24.7. The molecule has 12 heteroatoms. The molecule has 3 fully saturated rings. The molecule has 2 unspecified atom stereocenters. The monoisotopic (exact) mass is 500 g/mol. The van der Waals surface area contributed by atoms with E-state index in [0.717, 1.165) is 31.5 Å². The van der Waals surface area contributed by atoms with Crippen LogP contribution in [0, 0.1) is 5.92 Å². The van der Waals surface area contributed by atoms with E-state index in [9.17, 15) is 9.59 Å². The third-order valence-corrected chi connectivity index (χ3v) is 7.19. The van der Waals surface area contributed by atoms with Gasteiger partial charge in [0.05, 0.1) is 13.1 Å². The summed E-state index contributed by atoms with van der Waals surface area (Å²) < 4.78 is 0.605. The van der Waals surface area contributed by atoms with Gasteiger partial charge in [0.15, 0.2) is 34.5 Å². The standard InChI is InChI=1S/C23H30ClN9O2/c1-2-28-22(35)17(14-6-4-3-5-7-14)33-10-8-13(9-11-33)15(12-33)29-23(27)32-21(34)16-19(25)31-20(26)18(24)30-16/h3-7,13,15,17H,2,8-12H2,1H3,(H7-,25,26,27,28,29,31,32,34,35)/p+1. The molecule has 0 saturated carbocycles. The average molecular weight is 501 g/mol. The molecule has 11 nitrogen and oxygen atoms in total. The molecule has 5 rings (SSSR count).